The molecule has 9 nitrogen and oxygen atoms in total. The number of ether oxygens (including phenoxy) is 2. The monoisotopic (exact) mass is 645 g/mol. The fraction of sp³-hybridized carbons (Fsp3) is 0.594. The number of nitrogens with zero attached hydrogens (tertiary/aromatic N) is 3. The average Bonchev–Trinajstić information content (AvgIpc) is 3.57. The van der Waals surface area contributed by atoms with Crippen molar-refractivity contribution < 1.29 is 29.0 Å². The van der Waals surface area contributed by atoms with Gasteiger partial charge in [0.2, 0.25) is 17.7 Å². The van der Waals surface area contributed by atoms with E-state index in [9.17, 15) is 19.5 Å². The minimum atomic E-state index is -1.15. The van der Waals surface area contributed by atoms with Crippen LogP contribution in [0, 0.1) is 11.8 Å². The van der Waals surface area contributed by atoms with Gasteiger partial charge in [0, 0.05) is 43.3 Å². The lowest BCUT2D eigenvalue weighted by Gasteiger charge is -2.37. The summed E-state index contributed by atoms with van der Waals surface area (Å²) in [6, 6.07) is 6.38. The number of hydrogen-bond acceptors (Lipinski definition) is 6. The van der Waals surface area contributed by atoms with Crippen molar-refractivity contribution >= 4 is 39.3 Å². The summed E-state index contributed by atoms with van der Waals surface area (Å²) in [5.74, 6) is -1.60. The molecule has 3 heterocycles. The molecular formula is C32H44BrN3O6. The first-order valence-electron chi connectivity index (χ1n) is 15.1. The smallest absolute Gasteiger partial charge is 0.248 e. The summed E-state index contributed by atoms with van der Waals surface area (Å²) in [5.41, 5.74) is -0.486. The highest BCUT2D eigenvalue weighted by atomic mass is 79.9. The Morgan fingerprint density at radius 3 is 2.48 bits per heavy atom. The molecule has 3 fully saturated rings. The molecule has 1 aromatic rings. The Kier molecular flexibility index (Phi) is 10.9. The second-order valence-electron chi connectivity index (χ2n) is 11.2. The topological polar surface area (TPSA) is 99.6 Å². The van der Waals surface area contributed by atoms with Crippen molar-refractivity contribution in [3.8, 4) is 5.75 Å². The van der Waals surface area contributed by atoms with Gasteiger partial charge in [-0.15, -0.1) is 13.2 Å². The zero-order chi connectivity index (χ0) is 30.4. The van der Waals surface area contributed by atoms with Gasteiger partial charge in [-0.05, 0) is 50.5 Å². The molecular weight excluding hydrogens is 602 g/mol. The predicted octanol–water partition coefficient (Wildman–Crippen LogP) is 3.94. The molecule has 3 unspecified atom stereocenters. The number of fused-ring (bicyclic) bond motifs is 1. The van der Waals surface area contributed by atoms with Crippen molar-refractivity contribution in [2.75, 3.05) is 44.3 Å². The highest BCUT2D eigenvalue weighted by Crippen LogP contribution is 2.60. The Morgan fingerprint density at radius 1 is 1.14 bits per heavy atom. The van der Waals surface area contributed by atoms with Gasteiger partial charge < -0.3 is 29.3 Å². The Hall–Kier alpha value is -2.69. The zero-order valence-corrected chi connectivity index (χ0v) is 26.3. The van der Waals surface area contributed by atoms with Gasteiger partial charge in [-0.25, -0.2) is 0 Å². The maximum absolute atomic E-state index is 14.4. The molecule has 2 bridgehead atoms. The van der Waals surface area contributed by atoms with Crippen molar-refractivity contribution in [2.24, 2.45) is 11.8 Å². The van der Waals surface area contributed by atoms with E-state index >= 15 is 0 Å². The first-order valence-corrected chi connectivity index (χ1v) is 16.0. The fourth-order valence-electron chi connectivity index (χ4n) is 6.87. The molecule has 3 saturated heterocycles. The van der Waals surface area contributed by atoms with Gasteiger partial charge in [0.25, 0.3) is 0 Å². The fourth-order valence-corrected chi connectivity index (χ4v) is 7.81. The van der Waals surface area contributed by atoms with Gasteiger partial charge in [0.05, 0.1) is 24.5 Å². The van der Waals surface area contributed by atoms with Crippen LogP contribution in [-0.4, -0.2) is 94.6 Å². The van der Waals surface area contributed by atoms with Crippen molar-refractivity contribution in [3.63, 3.8) is 0 Å². The molecule has 0 aliphatic carbocycles. The molecule has 6 atom stereocenters. The van der Waals surface area contributed by atoms with Crippen LogP contribution in [0.1, 0.15) is 46.0 Å². The van der Waals surface area contributed by atoms with Crippen LogP contribution in [0.25, 0.3) is 0 Å². The molecule has 0 radical (unpaired) electrons. The van der Waals surface area contributed by atoms with E-state index in [1.165, 1.54) is 0 Å². The second kappa shape index (κ2) is 14.2. The first kappa shape index (κ1) is 32.2. The number of hydrogen-bond donors (Lipinski definition) is 1. The number of benzene rings is 1. The summed E-state index contributed by atoms with van der Waals surface area (Å²) in [7, 11) is 0. The molecule has 230 valence electrons. The number of carbonyl (C=O) groups is 3. The van der Waals surface area contributed by atoms with E-state index in [0.717, 1.165) is 19.3 Å². The number of halogens is 1. The highest BCUT2D eigenvalue weighted by molar-refractivity contribution is 9.09. The number of carbonyl (C=O) groups excluding carboxylic acids is 3. The zero-order valence-electron chi connectivity index (χ0n) is 24.8. The van der Waals surface area contributed by atoms with E-state index in [2.05, 4.69) is 36.0 Å². The quantitative estimate of drug-likeness (QED) is 0.166. The average molecular weight is 647 g/mol. The second-order valence-corrected chi connectivity index (χ2v) is 12.4. The van der Waals surface area contributed by atoms with Crippen LogP contribution in [0.15, 0.2) is 49.6 Å². The molecule has 0 saturated carbocycles. The SMILES string of the molecule is C=CCN(CCCCC)C(=O)C1N(CCCO)C(=O)[C@@H]2[C@@H](C(=O)N(CC=C)c3ccc(OCC)cc3)[C@@H]3OC12CC3Br. The normalized spacial score (nSPS) is 27.6. The summed E-state index contributed by atoms with van der Waals surface area (Å²) < 4.78 is 12.2. The number of aliphatic hydroxyl groups excluding tert-OH is 1. The van der Waals surface area contributed by atoms with Crippen molar-refractivity contribution in [1.82, 2.24) is 9.80 Å². The molecule has 0 aromatic heterocycles. The van der Waals surface area contributed by atoms with Crippen LogP contribution >= 0.6 is 15.9 Å². The van der Waals surface area contributed by atoms with Gasteiger partial charge in [0.1, 0.15) is 17.4 Å². The third kappa shape index (κ3) is 5.90. The molecule has 1 spiro atoms. The van der Waals surface area contributed by atoms with Gasteiger partial charge in [0.15, 0.2) is 0 Å². The van der Waals surface area contributed by atoms with Gasteiger partial charge >= 0.3 is 0 Å². The third-order valence-electron chi connectivity index (χ3n) is 8.60. The number of unbranched alkanes of at least 4 members (excludes halogenated alkanes) is 2. The van der Waals surface area contributed by atoms with E-state index < -0.39 is 29.6 Å². The molecule has 1 N–H and O–H groups in total. The molecule has 3 aliphatic rings. The molecule has 3 amide bonds. The summed E-state index contributed by atoms with van der Waals surface area (Å²) in [6.45, 7) is 13.5. The summed E-state index contributed by atoms with van der Waals surface area (Å²) in [6.07, 6.45) is 6.39. The van der Waals surface area contributed by atoms with E-state index in [-0.39, 0.29) is 42.2 Å². The van der Waals surface area contributed by atoms with Gasteiger partial charge in [-0.2, -0.15) is 0 Å². The van der Waals surface area contributed by atoms with Crippen molar-refractivity contribution in [2.45, 2.75) is 68.5 Å². The Bertz CT molecular complexity index is 1150. The molecule has 42 heavy (non-hydrogen) atoms. The van der Waals surface area contributed by atoms with Crippen LogP contribution in [0.2, 0.25) is 0 Å². The van der Waals surface area contributed by atoms with Gasteiger partial charge in [-0.3, -0.25) is 14.4 Å². The lowest BCUT2D eigenvalue weighted by molar-refractivity contribution is -0.147. The third-order valence-corrected chi connectivity index (χ3v) is 9.44. The number of rotatable bonds is 16. The van der Waals surface area contributed by atoms with E-state index in [1.54, 1.807) is 26.9 Å². The summed E-state index contributed by atoms with van der Waals surface area (Å²) in [4.78, 5) is 47.7. The number of aliphatic hydroxyl groups is 1. The highest BCUT2D eigenvalue weighted by Gasteiger charge is 2.76. The predicted molar refractivity (Wildman–Crippen MR) is 166 cm³/mol. The Balaban J connectivity index is 1.72. The minimum absolute atomic E-state index is 0.118. The Labute approximate surface area is 257 Å². The first-order chi connectivity index (χ1) is 20.3. The van der Waals surface area contributed by atoms with Crippen LogP contribution in [-0.2, 0) is 19.1 Å². The number of likely N-dealkylation sites (tertiary alicyclic amines) is 1. The molecule has 10 heteroatoms. The molecule has 4 rings (SSSR count). The maximum atomic E-state index is 14.4. The molecule has 3 aliphatic heterocycles. The van der Waals surface area contributed by atoms with Crippen LogP contribution in [0.5, 0.6) is 5.75 Å². The van der Waals surface area contributed by atoms with E-state index in [4.69, 9.17) is 9.47 Å². The number of alkyl halides is 1. The van der Waals surface area contributed by atoms with Gasteiger partial charge in [-0.1, -0.05) is 47.8 Å². The van der Waals surface area contributed by atoms with Crippen molar-refractivity contribution in [1.29, 1.82) is 0 Å². The lowest BCUT2D eigenvalue weighted by atomic mass is 9.70. The summed E-state index contributed by atoms with van der Waals surface area (Å²) >= 11 is 3.75. The minimum Gasteiger partial charge on any atom is -0.494 e. The lowest BCUT2D eigenvalue weighted by Crippen LogP contribution is -2.57. The van der Waals surface area contributed by atoms with E-state index in [0.29, 0.717) is 44.0 Å². The number of anilines is 1. The van der Waals surface area contributed by atoms with Crippen LogP contribution in [0.3, 0.4) is 0 Å². The standard InChI is InChI=1S/C32H44BrN3O6/c1-5-9-10-18-34(16-6-2)31(40)28-32-21-24(33)27(42-32)25(26(32)30(39)36(28)19-11-20-37)29(38)35(17-7-3)22-12-14-23(15-13-22)41-8-4/h6-7,12-15,24-28,37H,2-3,5,8-11,16-21H2,1,4H3/t24?,25-,26+,27-,28?,32?/m1/s1. The summed E-state index contributed by atoms with van der Waals surface area (Å²) in [5, 5.41) is 9.64. The maximum Gasteiger partial charge on any atom is 0.248 e. The molecule has 1 aromatic carbocycles. The van der Waals surface area contributed by atoms with Crippen LogP contribution in [0.4, 0.5) is 5.69 Å². The number of amides is 3. The Morgan fingerprint density at radius 2 is 1.86 bits per heavy atom. The van der Waals surface area contributed by atoms with E-state index in [1.807, 2.05) is 31.2 Å². The van der Waals surface area contributed by atoms with Crippen LogP contribution < -0.4 is 9.64 Å². The largest absolute Gasteiger partial charge is 0.494 e. The van der Waals surface area contributed by atoms with Crippen molar-refractivity contribution in [3.05, 3.63) is 49.6 Å².